The molecule has 1 fully saturated rings. The number of aliphatic hydroxyl groups is 1. The molecule has 19 heavy (non-hydrogen) atoms. The topological polar surface area (TPSA) is 57.4 Å². The highest BCUT2D eigenvalue weighted by atomic mass is 32.2. The number of nitrogens with zero attached hydrogens (tertiary/aromatic N) is 1. The maximum absolute atomic E-state index is 12.3. The third-order valence-corrected chi connectivity index (χ3v) is 5.43. The van der Waals surface area contributed by atoms with E-state index >= 15 is 0 Å². The van der Waals surface area contributed by atoms with Crippen molar-refractivity contribution >= 4 is 10.0 Å². The molecule has 1 N–H and O–H groups in total. The van der Waals surface area contributed by atoms with Crippen molar-refractivity contribution in [1.82, 2.24) is 4.31 Å². The molecule has 3 atom stereocenters. The number of rotatable bonds is 6. The molecule has 2 rings (SSSR count). The van der Waals surface area contributed by atoms with Crippen LogP contribution in [0.3, 0.4) is 0 Å². The van der Waals surface area contributed by atoms with Crippen molar-refractivity contribution in [3.05, 3.63) is 29.8 Å². The SMILES string of the molecule is CCCC[C@H](O)[C@H]1CN1S(=O)(=O)c1ccc(C)cc1. The molecule has 1 aliphatic rings. The molecule has 0 spiro atoms. The van der Waals surface area contributed by atoms with Crippen LogP contribution in [0.25, 0.3) is 0 Å². The van der Waals surface area contributed by atoms with E-state index in [4.69, 9.17) is 0 Å². The van der Waals surface area contributed by atoms with E-state index in [0.717, 1.165) is 18.4 Å². The van der Waals surface area contributed by atoms with E-state index in [1.165, 1.54) is 4.31 Å². The van der Waals surface area contributed by atoms with Crippen molar-refractivity contribution in [2.75, 3.05) is 6.54 Å². The van der Waals surface area contributed by atoms with Gasteiger partial charge in [-0.05, 0) is 25.5 Å². The summed E-state index contributed by atoms with van der Waals surface area (Å²) in [6, 6.07) is 6.59. The first-order valence-corrected chi connectivity index (χ1v) is 8.17. The molecule has 1 heterocycles. The molecule has 1 aromatic rings. The Labute approximate surface area is 115 Å². The lowest BCUT2D eigenvalue weighted by Crippen LogP contribution is -2.23. The van der Waals surface area contributed by atoms with Gasteiger partial charge in [0.15, 0.2) is 0 Å². The third-order valence-electron chi connectivity index (χ3n) is 3.53. The lowest BCUT2D eigenvalue weighted by molar-refractivity contribution is 0.152. The van der Waals surface area contributed by atoms with Gasteiger partial charge in [0.1, 0.15) is 0 Å². The van der Waals surface area contributed by atoms with Gasteiger partial charge in [0.05, 0.1) is 17.0 Å². The Bertz CT molecular complexity index is 524. The van der Waals surface area contributed by atoms with Gasteiger partial charge in [0.2, 0.25) is 10.0 Å². The fourth-order valence-electron chi connectivity index (χ4n) is 2.18. The smallest absolute Gasteiger partial charge is 0.243 e. The summed E-state index contributed by atoms with van der Waals surface area (Å²) in [4.78, 5) is 0.309. The van der Waals surface area contributed by atoms with Crippen LogP contribution in [0.2, 0.25) is 0 Å². The molecule has 5 heteroatoms. The quantitative estimate of drug-likeness (QED) is 0.811. The van der Waals surface area contributed by atoms with Gasteiger partial charge in [0, 0.05) is 6.54 Å². The Morgan fingerprint density at radius 3 is 2.58 bits per heavy atom. The Hall–Kier alpha value is -0.910. The van der Waals surface area contributed by atoms with Crippen molar-refractivity contribution < 1.29 is 13.5 Å². The molecule has 0 saturated carbocycles. The van der Waals surface area contributed by atoms with Gasteiger partial charge in [-0.1, -0.05) is 37.5 Å². The summed E-state index contributed by atoms with van der Waals surface area (Å²) in [5, 5.41) is 9.94. The maximum atomic E-state index is 12.3. The van der Waals surface area contributed by atoms with Crippen molar-refractivity contribution in [2.45, 2.75) is 50.2 Å². The number of hydrogen-bond donors (Lipinski definition) is 1. The highest BCUT2D eigenvalue weighted by Gasteiger charge is 2.48. The molecule has 106 valence electrons. The number of aryl methyl sites for hydroxylation is 1. The fourth-order valence-corrected chi connectivity index (χ4v) is 3.78. The lowest BCUT2D eigenvalue weighted by Gasteiger charge is -2.11. The van der Waals surface area contributed by atoms with E-state index in [9.17, 15) is 13.5 Å². The van der Waals surface area contributed by atoms with Gasteiger partial charge in [-0.25, -0.2) is 8.42 Å². The van der Waals surface area contributed by atoms with Crippen molar-refractivity contribution in [3.63, 3.8) is 0 Å². The second-order valence-corrected chi connectivity index (χ2v) is 7.06. The monoisotopic (exact) mass is 283 g/mol. The number of aliphatic hydroxyl groups excluding tert-OH is 1. The van der Waals surface area contributed by atoms with Crippen LogP contribution in [0.5, 0.6) is 0 Å². The Kier molecular flexibility index (Phi) is 4.28. The molecule has 0 amide bonds. The second-order valence-electron chi connectivity index (χ2n) is 5.16. The second kappa shape index (κ2) is 5.61. The van der Waals surface area contributed by atoms with Gasteiger partial charge in [0.25, 0.3) is 0 Å². The molecule has 0 aliphatic carbocycles. The van der Waals surface area contributed by atoms with Gasteiger partial charge < -0.3 is 5.11 Å². The van der Waals surface area contributed by atoms with Crippen LogP contribution in [0.4, 0.5) is 0 Å². The fraction of sp³-hybridized carbons (Fsp3) is 0.571. The Morgan fingerprint density at radius 2 is 2.00 bits per heavy atom. The largest absolute Gasteiger partial charge is 0.391 e. The number of sulfonamides is 1. The predicted octanol–water partition coefficient (Wildman–Crippen LogP) is 1.92. The molecule has 0 bridgehead atoms. The summed E-state index contributed by atoms with van der Waals surface area (Å²) in [5.41, 5.74) is 1.03. The minimum Gasteiger partial charge on any atom is -0.391 e. The molecular weight excluding hydrogens is 262 g/mol. The summed E-state index contributed by atoms with van der Waals surface area (Å²) in [7, 11) is -3.43. The van der Waals surface area contributed by atoms with Crippen molar-refractivity contribution in [3.8, 4) is 0 Å². The zero-order valence-electron chi connectivity index (χ0n) is 11.4. The first kappa shape index (κ1) is 14.5. The van der Waals surface area contributed by atoms with Crippen molar-refractivity contribution in [1.29, 1.82) is 0 Å². The molecule has 4 nitrogen and oxygen atoms in total. The van der Waals surface area contributed by atoms with E-state index in [1.54, 1.807) is 24.3 Å². The van der Waals surface area contributed by atoms with Gasteiger partial charge in [-0.2, -0.15) is 4.31 Å². The van der Waals surface area contributed by atoms with Gasteiger partial charge in [-0.15, -0.1) is 0 Å². The molecule has 1 unspecified atom stereocenters. The normalized spacial score (nSPS) is 24.2. The Morgan fingerprint density at radius 1 is 1.37 bits per heavy atom. The standard InChI is InChI=1S/C14H21NO3S/c1-3-4-5-14(16)13-10-15(13)19(17,18)12-8-6-11(2)7-9-12/h6-9,13-14,16H,3-5,10H2,1-2H3/t13-,14+,15?/m1/s1. The lowest BCUT2D eigenvalue weighted by atomic mass is 10.1. The van der Waals surface area contributed by atoms with Crippen LogP contribution < -0.4 is 0 Å². The minimum absolute atomic E-state index is 0.238. The third kappa shape index (κ3) is 3.16. The Balaban J connectivity index is 2.05. The molecular formula is C14H21NO3S. The molecule has 1 saturated heterocycles. The van der Waals surface area contributed by atoms with Gasteiger partial charge in [-0.3, -0.25) is 0 Å². The van der Waals surface area contributed by atoms with Crippen LogP contribution >= 0.6 is 0 Å². The highest BCUT2D eigenvalue weighted by Crippen LogP contribution is 2.31. The van der Waals surface area contributed by atoms with Crippen LogP contribution in [0.15, 0.2) is 29.2 Å². The van der Waals surface area contributed by atoms with E-state index in [0.29, 0.717) is 17.9 Å². The summed E-state index contributed by atoms with van der Waals surface area (Å²) >= 11 is 0. The average molecular weight is 283 g/mol. The van der Waals surface area contributed by atoms with Crippen LogP contribution in [-0.2, 0) is 10.0 Å². The molecule has 0 radical (unpaired) electrons. The number of benzene rings is 1. The maximum Gasteiger partial charge on any atom is 0.243 e. The molecule has 1 aliphatic heterocycles. The molecule has 1 aromatic carbocycles. The predicted molar refractivity (Wildman–Crippen MR) is 74.4 cm³/mol. The van der Waals surface area contributed by atoms with Crippen LogP contribution in [0.1, 0.15) is 31.7 Å². The zero-order valence-corrected chi connectivity index (χ0v) is 12.2. The first-order valence-electron chi connectivity index (χ1n) is 6.73. The minimum atomic E-state index is -3.43. The average Bonchev–Trinajstić information content (AvgIpc) is 3.17. The first-order chi connectivity index (χ1) is 8.96. The zero-order chi connectivity index (χ0) is 14.0. The van der Waals surface area contributed by atoms with Crippen LogP contribution in [0, 0.1) is 6.92 Å². The van der Waals surface area contributed by atoms with E-state index in [-0.39, 0.29) is 6.04 Å². The van der Waals surface area contributed by atoms with E-state index < -0.39 is 16.1 Å². The van der Waals surface area contributed by atoms with Crippen LogP contribution in [-0.4, -0.2) is 36.5 Å². The number of unbranched alkanes of at least 4 members (excludes halogenated alkanes) is 1. The summed E-state index contributed by atoms with van der Waals surface area (Å²) < 4.78 is 26.0. The summed E-state index contributed by atoms with van der Waals surface area (Å²) in [6.45, 7) is 4.41. The summed E-state index contributed by atoms with van der Waals surface area (Å²) in [6.07, 6.45) is 2.06. The highest BCUT2D eigenvalue weighted by molar-refractivity contribution is 7.89. The number of hydrogen-bond acceptors (Lipinski definition) is 3. The van der Waals surface area contributed by atoms with Gasteiger partial charge >= 0.3 is 0 Å². The molecule has 0 aromatic heterocycles. The summed E-state index contributed by atoms with van der Waals surface area (Å²) in [5.74, 6) is 0. The van der Waals surface area contributed by atoms with Crippen molar-refractivity contribution in [2.24, 2.45) is 0 Å². The van der Waals surface area contributed by atoms with E-state index in [1.807, 2.05) is 6.92 Å². The van der Waals surface area contributed by atoms with E-state index in [2.05, 4.69) is 6.92 Å².